The SMILES string of the molecule is C[C@@H]1CCc2nc3ccccc3c(C(=O)OCC(=O)Nc3cc(Cl)ccc3Cl)c2C1. The zero-order valence-electron chi connectivity index (χ0n) is 16.4. The van der Waals surface area contributed by atoms with Crippen LogP contribution in [0.5, 0.6) is 0 Å². The maximum Gasteiger partial charge on any atom is 0.339 e. The van der Waals surface area contributed by atoms with E-state index in [2.05, 4.69) is 12.2 Å². The number of nitrogens with zero attached hydrogens (tertiary/aromatic N) is 1. The molecule has 0 spiro atoms. The van der Waals surface area contributed by atoms with Gasteiger partial charge in [0.1, 0.15) is 0 Å². The highest BCUT2D eigenvalue weighted by molar-refractivity contribution is 6.35. The first-order valence-electron chi connectivity index (χ1n) is 9.75. The molecule has 1 N–H and O–H groups in total. The molecule has 0 saturated heterocycles. The normalized spacial score (nSPS) is 15.5. The number of para-hydroxylation sites is 1. The Morgan fingerprint density at radius 3 is 2.83 bits per heavy atom. The van der Waals surface area contributed by atoms with E-state index in [-0.39, 0.29) is 0 Å². The highest BCUT2D eigenvalue weighted by atomic mass is 35.5. The van der Waals surface area contributed by atoms with E-state index in [1.807, 2.05) is 24.3 Å². The minimum atomic E-state index is -0.522. The number of carbonyl (C=O) groups excluding carboxylic acids is 2. The molecule has 0 saturated carbocycles. The fourth-order valence-corrected chi connectivity index (χ4v) is 4.12. The van der Waals surface area contributed by atoms with E-state index < -0.39 is 18.5 Å². The van der Waals surface area contributed by atoms with Crippen LogP contribution in [0, 0.1) is 5.92 Å². The van der Waals surface area contributed by atoms with Crippen LogP contribution < -0.4 is 5.32 Å². The molecule has 1 atom stereocenters. The average molecular weight is 443 g/mol. The van der Waals surface area contributed by atoms with Crippen LogP contribution >= 0.6 is 23.2 Å². The minimum Gasteiger partial charge on any atom is -0.452 e. The fraction of sp³-hybridized carbons (Fsp3) is 0.261. The van der Waals surface area contributed by atoms with Crippen molar-refractivity contribution in [2.75, 3.05) is 11.9 Å². The van der Waals surface area contributed by atoms with Gasteiger partial charge in [-0.25, -0.2) is 4.79 Å². The number of halogens is 2. The third kappa shape index (κ3) is 4.27. The quantitative estimate of drug-likeness (QED) is 0.544. The largest absolute Gasteiger partial charge is 0.452 e. The lowest BCUT2D eigenvalue weighted by Gasteiger charge is -2.24. The van der Waals surface area contributed by atoms with Gasteiger partial charge in [0, 0.05) is 16.1 Å². The summed E-state index contributed by atoms with van der Waals surface area (Å²) in [6.45, 7) is 1.73. The zero-order valence-corrected chi connectivity index (χ0v) is 17.9. The van der Waals surface area contributed by atoms with Crippen LogP contribution in [0.25, 0.3) is 10.9 Å². The van der Waals surface area contributed by atoms with Crippen LogP contribution in [0.15, 0.2) is 42.5 Å². The number of amides is 1. The number of hydrogen-bond donors (Lipinski definition) is 1. The molecule has 1 amide bonds. The molecule has 4 rings (SSSR count). The Balaban J connectivity index is 1.57. The van der Waals surface area contributed by atoms with Gasteiger partial charge in [0.25, 0.3) is 5.91 Å². The second kappa shape index (κ2) is 8.62. The molecule has 1 aliphatic rings. The van der Waals surface area contributed by atoms with Gasteiger partial charge in [-0.1, -0.05) is 48.3 Å². The number of ether oxygens (including phenoxy) is 1. The molecule has 0 bridgehead atoms. The number of aryl methyl sites for hydroxylation is 1. The Kier molecular flexibility index (Phi) is 5.93. The van der Waals surface area contributed by atoms with Crippen molar-refractivity contribution in [3.05, 3.63) is 69.3 Å². The summed E-state index contributed by atoms with van der Waals surface area (Å²) in [5.41, 5.74) is 3.50. The van der Waals surface area contributed by atoms with E-state index in [0.29, 0.717) is 27.2 Å². The Bertz CT molecular complexity index is 1150. The molecule has 0 fully saturated rings. The maximum absolute atomic E-state index is 13.0. The number of benzene rings is 2. The van der Waals surface area contributed by atoms with Crippen LogP contribution in [0.2, 0.25) is 10.0 Å². The molecule has 3 aromatic rings. The first-order valence-corrected chi connectivity index (χ1v) is 10.5. The van der Waals surface area contributed by atoms with Crippen molar-refractivity contribution < 1.29 is 14.3 Å². The number of anilines is 1. The van der Waals surface area contributed by atoms with E-state index >= 15 is 0 Å². The predicted octanol–water partition coefficient (Wildman–Crippen LogP) is 5.46. The molecule has 5 nitrogen and oxygen atoms in total. The number of esters is 1. The second-order valence-electron chi connectivity index (χ2n) is 7.53. The second-order valence-corrected chi connectivity index (χ2v) is 8.37. The van der Waals surface area contributed by atoms with Crippen LogP contribution in [-0.4, -0.2) is 23.5 Å². The van der Waals surface area contributed by atoms with Gasteiger partial charge in [-0.3, -0.25) is 9.78 Å². The fourth-order valence-electron chi connectivity index (χ4n) is 3.78. The first kappa shape index (κ1) is 20.6. The molecule has 0 aliphatic heterocycles. The molecule has 2 aromatic carbocycles. The molecular formula is C23H20Cl2N2O3. The Hall–Kier alpha value is -2.63. The molecular weight excluding hydrogens is 423 g/mol. The van der Waals surface area contributed by atoms with Crippen molar-refractivity contribution in [3.8, 4) is 0 Å². The van der Waals surface area contributed by atoms with Crippen molar-refractivity contribution in [2.45, 2.75) is 26.2 Å². The van der Waals surface area contributed by atoms with Crippen molar-refractivity contribution in [1.29, 1.82) is 0 Å². The van der Waals surface area contributed by atoms with E-state index in [1.165, 1.54) is 6.07 Å². The molecule has 154 valence electrons. The summed E-state index contributed by atoms with van der Waals surface area (Å²) in [7, 11) is 0. The van der Waals surface area contributed by atoms with Crippen molar-refractivity contribution in [1.82, 2.24) is 4.98 Å². The van der Waals surface area contributed by atoms with Gasteiger partial charge in [0.2, 0.25) is 0 Å². The average Bonchev–Trinajstić information content (AvgIpc) is 2.73. The van der Waals surface area contributed by atoms with Crippen LogP contribution in [0.3, 0.4) is 0 Å². The van der Waals surface area contributed by atoms with Crippen molar-refractivity contribution in [3.63, 3.8) is 0 Å². The highest BCUT2D eigenvalue weighted by Crippen LogP contribution is 2.32. The summed E-state index contributed by atoms with van der Waals surface area (Å²) >= 11 is 12.0. The number of pyridine rings is 1. The Morgan fingerprint density at radius 2 is 2.00 bits per heavy atom. The summed E-state index contributed by atoms with van der Waals surface area (Å²) < 4.78 is 5.39. The predicted molar refractivity (Wildman–Crippen MR) is 118 cm³/mol. The Morgan fingerprint density at radius 1 is 1.20 bits per heavy atom. The number of hydrogen-bond acceptors (Lipinski definition) is 4. The third-order valence-corrected chi connectivity index (χ3v) is 5.81. The van der Waals surface area contributed by atoms with E-state index in [9.17, 15) is 9.59 Å². The topological polar surface area (TPSA) is 68.3 Å². The number of carbonyl (C=O) groups is 2. The minimum absolute atomic E-state index is 0.349. The lowest BCUT2D eigenvalue weighted by molar-refractivity contribution is -0.119. The molecule has 1 aromatic heterocycles. The molecule has 7 heteroatoms. The smallest absolute Gasteiger partial charge is 0.339 e. The number of rotatable bonds is 4. The van der Waals surface area contributed by atoms with E-state index in [1.54, 1.807) is 12.1 Å². The Labute approximate surface area is 184 Å². The van der Waals surface area contributed by atoms with Gasteiger partial charge in [0.15, 0.2) is 6.61 Å². The summed E-state index contributed by atoms with van der Waals surface area (Å²) in [6, 6.07) is 12.3. The number of nitrogens with one attached hydrogen (secondary N) is 1. The first-order chi connectivity index (χ1) is 14.4. The van der Waals surface area contributed by atoms with E-state index in [0.717, 1.165) is 41.4 Å². The maximum atomic E-state index is 13.0. The van der Waals surface area contributed by atoms with Gasteiger partial charge >= 0.3 is 5.97 Å². The molecule has 0 radical (unpaired) electrons. The van der Waals surface area contributed by atoms with Gasteiger partial charge in [-0.05, 0) is 55.0 Å². The summed E-state index contributed by atoms with van der Waals surface area (Å²) in [5.74, 6) is -0.556. The number of fused-ring (bicyclic) bond motifs is 2. The lowest BCUT2D eigenvalue weighted by atomic mass is 9.84. The lowest BCUT2D eigenvalue weighted by Crippen LogP contribution is -2.23. The molecule has 1 aliphatic carbocycles. The summed E-state index contributed by atoms with van der Waals surface area (Å²) in [4.78, 5) is 30.1. The summed E-state index contributed by atoms with van der Waals surface area (Å²) in [5, 5.41) is 4.15. The van der Waals surface area contributed by atoms with Gasteiger partial charge in [-0.15, -0.1) is 0 Å². The van der Waals surface area contributed by atoms with Crippen LogP contribution in [0.1, 0.15) is 35.0 Å². The molecule has 1 heterocycles. The van der Waals surface area contributed by atoms with Gasteiger partial charge in [0.05, 0.1) is 21.8 Å². The molecule has 30 heavy (non-hydrogen) atoms. The zero-order chi connectivity index (χ0) is 21.3. The van der Waals surface area contributed by atoms with Crippen LogP contribution in [-0.2, 0) is 22.4 Å². The molecule has 0 unspecified atom stereocenters. The number of aromatic nitrogens is 1. The van der Waals surface area contributed by atoms with Crippen molar-refractivity contribution in [2.24, 2.45) is 5.92 Å². The standard InChI is InChI=1S/C23H20Cl2N2O3/c1-13-6-9-19-16(10-13)22(15-4-2-3-5-18(15)26-19)23(29)30-12-21(28)27-20-11-14(24)7-8-17(20)25/h2-5,7-8,11,13H,6,9-10,12H2,1H3,(H,27,28)/t13-/m1/s1. The third-order valence-electron chi connectivity index (χ3n) is 5.25. The van der Waals surface area contributed by atoms with Crippen molar-refractivity contribution >= 4 is 51.7 Å². The summed E-state index contributed by atoms with van der Waals surface area (Å²) in [6.07, 6.45) is 2.63. The van der Waals surface area contributed by atoms with E-state index in [4.69, 9.17) is 32.9 Å². The van der Waals surface area contributed by atoms with Crippen LogP contribution in [0.4, 0.5) is 5.69 Å². The monoisotopic (exact) mass is 442 g/mol. The van der Waals surface area contributed by atoms with Gasteiger partial charge < -0.3 is 10.1 Å². The highest BCUT2D eigenvalue weighted by Gasteiger charge is 2.26. The van der Waals surface area contributed by atoms with Gasteiger partial charge in [-0.2, -0.15) is 0 Å².